The van der Waals surface area contributed by atoms with Crippen molar-refractivity contribution >= 4 is 11.9 Å². The highest BCUT2D eigenvalue weighted by molar-refractivity contribution is 5.91. The van der Waals surface area contributed by atoms with Crippen LogP contribution in [0.2, 0.25) is 0 Å². The molecule has 5 heteroatoms. The summed E-state index contributed by atoms with van der Waals surface area (Å²) in [7, 11) is 0. The van der Waals surface area contributed by atoms with E-state index in [1.54, 1.807) is 0 Å². The van der Waals surface area contributed by atoms with Crippen LogP contribution in [0.5, 0.6) is 0 Å². The van der Waals surface area contributed by atoms with Crippen molar-refractivity contribution in [1.82, 2.24) is 4.90 Å². The maximum absolute atomic E-state index is 13.1. The molecule has 4 rings (SSSR count). The normalized spacial score (nSPS) is 31.5. The molecule has 0 aromatic heterocycles. The maximum atomic E-state index is 13.1. The Morgan fingerprint density at radius 3 is 2.85 bits per heavy atom. The average molecular weight is 355 g/mol. The lowest BCUT2D eigenvalue weighted by atomic mass is 9.77. The Morgan fingerprint density at radius 1 is 1.35 bits per heavy atom. The monoisotopic (exact) mass is 355 g/mol. The number of rotatable bonds is 6. The van der Waals surface area contributed by atoms with E-state index in [1.165, 1.54) is 5.56 Å². The van der Waals surface area contributed by atoms with Gasteiger partial charge in [0.25, 0.3) is 0 Å². The Bertz CT molecular complexity index is 741. The summed E-state index contributed by atoms with van der Waals surface area (Å²) in [5.74, 6) is -1.29. The third-order valence-corrected chi connectivity index (χ3v) is 5.69. The fourth-order valence-corrected chi connectivity index (χ4v) is 4.31. The number of hydrogen-bond acceptors (Lipinski definition) is 4. The Hall–Kier alpha value is -2.14. The van der Waals surface area contributed by atoms with E-state index in [0.29, 0.717) is 19.7 Å². The lowest BCUT2D eigenvalue weighted by molar-refractivity contribution is -0.154. The van der Waals surface area contributed by atoms with Gasteiger partial charge in [0, 0.05) is 6.54 Å². The molecule has 0 unspecified atom stereocenters. The molecule has 0 aliphatic carbocycles. The molecule has 0 radical (unpaired) electrons. The van der Waals surface area contributed by atoms with Crippen molar-refractivity contribution in [3.63, 3.8) is 0 Å². The van der Waals surface area contributed by atoms with Gasteiger partial charge in [0.1, 0.15) is 11.5 Å². The van der Waals surface area contributed by atoms with Crippen LogP contribution in [0.4, 0.5) is 0 Å². The summed E-state index contributed by atoms with van der Waals surface area (Å²) in [6.07, 6.45) is 5.37. The Labute approximate surface area is 154 Å². The first-order valence-corrected chi connectivity index (χ1v) is 9.42. The summed E-state index contributed by atoms with van der Waals surface area (Å²) in [6, 6.07) is 8.17. The molecule has 3 aliphatic rings. The molecule has 0 N–H and O–H groups in total. The van der Waals surface area contributed by atoms with Crippen molar-refractivity contribution in [3.8, 4) is 0 Å². The highest BCUT2D eigenvalue weighted by atomic mass is 16.6. The van der Waals surface area contributed by atoms with E-state index in [9.17, 15) is 9.59 Å². The number of carbonyl (C=O) groups is 2. The zero-order valence-electron chi connectivity index (χ0n) is 15.3. The second-order valence-corrected chi connectivity index (χ2v) is 7.60. The number of amides is 1. The van der Waals surface area contributed by atoms with Crippen LogP contribution in [0, 0.1) is 18.8 Å². The number of likely N-dealkylation sites (tertiary alicyclic amines) is 1. The van der Waals surface area contributed by atoms with E-state index < -0.39 is 17.4 Å². The van der Waals surface area contributed by atoms with Gasteiger partial charge < -0.3 is 14.4 Å². The number of carbonyl (C=O) groups excluding carboxylic acids is 2. The van der Waals surface area contributed by atoms with E-state index in [2.05, 4.69) is 6.92 Å². The fourth-order valence-electron chi connectivity index (χ4n) is 4.31. The zero-order valence-corrected chi connectivity index (χ0v) is 15.3. The molecule has 1 spiro atoms. The van der Waals surface area contributed by atoms with Gasteiger partial charge in [-0.15, -0.1) is 0 Å². The minimum absolute atomic E-state index is 0.00475. The largest absolute Gasteiger partial charge is 0.465 e. The van der Waals surface area contributed by atoms with E-state index in [1.807, 2.05) is 48.2 Å². The lowest BCUT2D eigenvalue weighted by Crippen LogP contribution is -2.40. The van der Waals surface area contributed by atoms with Crippen molar-refractivity contribution < 1.29 is 19.1 Å². The molecule has 3 heterocycles. The zero-order chi connectivity index (χ0) is 18.3. The summed E-state index contributed by atoms with van der Waals surface area (Å²) in [6.45, 7) is 5.53. The number of hydrogen-bond donors (Lipinski definition) is 0. The van der Waals surface area contributed by atoms with Crippen LogP contribution in [0.1, 0.15) is 30.9 Å². The molecular weight excluding hydrogens is 330 g/mol. The third kappa shape index (κ3) is 2.75. The molecule has 2 fully saturated rings. The average Bonchev–Trinajstić information content (AvgIpc) is 3.26. The summed E-state index contributed by atoms with van der Waals surface area (Å²) in [4.78, 5) is 27.5. The Balaban J connectivity index is 1.51. The van der Waals surface area contributed by atoms with Gasteiger partial charge in [-0.2, -0.15) is 0 Å². The fraction of sp³-hybridized carbons (Fsp3) is 0.524. The minimum Gasteiger partial charge on any atom is -0.465 e. The van der Waals surface area contributed by atoms with Gasteiger partial charge >= 0.3 is 5.97 Å². The molecule has 5 nitrogen and oxygen atoms in total. The van der Waals surface area contributed by atoms with Crippen LogP contribution in [0.15, 0.2) is 36.4 Å². The molecule has 2 bridgehead atoms. The van der Waals surface area contributed by atoms with Crippen LogP contribution in [-0.4, -0.2) is 41.6 Å². The molecule has 138 valence electrons. The highest BCUT2D eigenvalue weighted by Gasteiger charge is 2.67. The van der Waals surface area contributed by atoms with Gasteiger partial charge in [-0.05, 0) is 18.9 Å². The molecule has 1 amide bonds. The molecule has 26 heavy (non-hydrogen) atoms. The van der Waals surface area contributed by atoms with Crippen molar-refractivity contribution in [2.45, 2.75) is 44.9 Å². The molecular formula is C21H25NO4. The molecule has 1 aromatic rings. The van der Waals surface area contributed by atoms with E-state index in [-0.39, 0.29) is 18.0 Å². The first-order valence-electron chi connectivity index (χ1n) is 9.42. The standard InChI is InChI=1S/C21H25NO4/c1-3-4-11-25-20(24)17-16-9-10-21(26-16)13-22(19(23)18(17)21)12-15-7-5-14(2)6-8-15/h5-10,16-18H,3-4,11-13H2,1-2H3/t16-,17+,18-,21-/m0/s1. The van der Waals surface area contributed by atoms with Crippen LogP contribution in [0.3, 0.4) is 0 Å². The van der Waals surface area contributed by atoms with Crippen LogP contribution < -0.4 is 0 Å². The molecule has 2 saturated heterocycles. The van der Waals surface area contributed by atoms with Crippen molar-refractivity contribution in [2.24, 2.45) is 11.8 Å². The van der Waals surface area contributed by atoms with Crippen molar-refractivity contribution in [2.75, 3.05) is 13.2 Å². The van der Waals surface area contributed by atoms with Crippen LogP contribution in [0.25, 0.3) is 0 Å². The number of esters is 1. The first kappa shape index (κ1) is 17.3. The number of fused-ring (bicyclic) bond motifs is 1. The van der Waals surface area contributed by atoms with E-state index in [4.69, 9.17) is 9.47 Å². The van der Waals surface area contributed by atoms with Crippen molar-refractivity contribution in [3.05, 3.63) is 47.5 Å². The van der Waals surface area contributed by atoms with Crippen LogP contribution >= 0.6 is 0 Å². The highest BCUT2D eigenvalue weighted by Crippen LogP contribution is 2.52. The second kappa shape index (κ2) is 6.54. The third-order valence-electron chi connectivity index (χ3n) is 5.69. The van der Waals surface area contributed by atoms with Gasteiger partial charge in [-0.1, -0.05) is 55.3 Å². The van der Waals surface area contributed by atoms with Gasteiger partial charge in [0.2, 0.25) is 5.91 Å². The lowest BCUT2D eigenvalue weighted by Gasteiger charge is -2.22. The number of aryl methyl sites for hydroxylation is 1. The Morgan fingerprint density at radius 2 is 2.12 bits per heavy atom. The summed E-state index contributed by atoms with van der Waals surface area (Å²) < 4.78 is 11.5. The van der Waals surface area contributed by atoms with Gasteiger partial charge in [-0.3, -0.25) is 9.59 Å². The quantitative estimate of drug-likeness (QED) is 0.447. The predicted molar refractivity (Wildman–Crippen MR) is 96.2 cm³/mol. The molecule has 0 saturated carbocycles. The summed E-state index contributed by atoms with van der Waals surface area (Å²) in [5.41, 5.74) is 1.61. The molecule has 4 atom stereocenters. The van der Waals surface area contributed by atoms with Crippen molar-refractivity contribution in [1.29, 1.82) is 0 Å². The van der Waals surface area contributed by atoms with Gasteiger partial charge in [0.05, 0.1) is 25.2 Å². The minimum atomic E-state index is -0.666. The number of unbranched alkanes of at least 4 members (excludes halogenated alkanes) is 1. The Kier molecular flexibility index (Phi) is 4.35. The first-order chi connectivity index (χ1) is 12.5. The smallest absolute Gasteiger partial charge is 0.312 e. The van der Waals surface area contributed by atoms with Crippen LogP contribution in [-0.2, 0) is 25.6 Å². The van der Waals surface area contributed by atoms with E-state index in [0.717, 1.165) is 18.4 Å². The SMILES string of the molecule is CCCCOC(=O)[C@@H]1[C@@H]2C=C[C@@]3(CN(Cc4ccc(C)cc4)C(=O)[C@H]13)O2. The molecule has 3 aliphatic heterocycles. The van der Waals surface area contributed by atoms with Gasteiger partial charge in [0.15, 0.2) is 0 Å². The number of nitrogens with zero attached hydrogens (tertiary/aromatic N) is 1. The second-order valence-electron chi connectivity index (χ2n) is 7.60. The van der Waals surface area contributed by atoms with E-state index >= 15 is 0 Å². The number of ether oxygens (including phenoxy) is 2. The predicted octanol–water partition coefficient (Wildman–Crippen LogP) is 2.62. The van der Waals surface area contributed by atoms with Gasteiger partial charge in [-0.25, -0.2) is 0 Å². The maximum Gasteiger partial charge on any atom is 0.312 e. The number of benzene rings is 1. The molecule has 1 aromatic carbocycles. The summed E-state index contributed by atoms with van der Waals surface area (Å²) in [5, 5.41) is 0. The topological polar surface area (TPSA) is 55.8 Å². The summed E-state index contributed by atoms with van der Waals surface area (Å²) >= 11 is 0.